The summed E-state index contributed by atoms with van der Waals surface area (Å²) in [6.07, 6.45) is -5.06. The molecule has 1 aliphatic rings. The Balaban J connectivity index is 2.44. The maximum absolute atomic E-state index is 11.8. The van der Waals surface area contributed by atoms with Crippen LogP contribution in [-0.4, -0.2) is 42.8 Å². The van der Waals surface area contributed by atoms with Crippen molar-refractivity contribution in [2.24, 2.45) is 0 Å². The third kappa shape index (κ3) is 2.60. The third-order valence-electron chi connectivity index (χ3n) is 2.35. The van der Waals surface area contributed by atoms with Crippen molar-refractivity contribution in [3.63, 3.8) is 0 Å². The fraction of sp³-hybridized carbons (Fsp3) is 0.875. The number of ether oxygens (including phenoxy) is 1. The number of halogens is 3. The first-order chi connectivity index (χ1) is 6.30. The number of likely N-dealkylation sites (tertiary alicyclic amines) is 1. The highest BCUT2D eigenvalue weighted by molar-refractivity contribution is 5.75. The molecule has 6 heteroatoms. The Bertz CT molecular complexity index is 219. The normalized spacial score (nSPS) is 29.2. The van der Waals surface area contributed by atoms with Gasteiger partial charge in [-0.05, 0) is 14.0 Å². The molecule has 0 radical (unpaired) electrons. The van der Waals surface area contributed by atoms with Crippen LogP contribution in [-0.2, 0) is 9.53 Å². The van der Waals surface area contributed by atoms with E-state index in [2.05, 4.69) is 4.74 Å². The van der Waals surface area contributed by atoms with Gasteiger partial charge >= 0.3 is 12.1 Å². The van der Waals surface area contributed by atoms with Crippen LogP contribution in [0.1, 0.15) is 13.3 Å². The standard InChI is InChI=1S/C8H12F3NO2/c1-5-3-6(4-12(5)2)14-7(13)8(9,10)11/h5-6H,3-4H2,1-2H3. The maximum atomic E-state index is 11.8. The summed E-state index contributed by atoms with van der Waals surface area (Å²) < 4.78 is 39.7. The van der Waals surface area contributed by atoms with Crippen LogP contribution in [0.15, 0.2) is 0 Å². The van der Waals surface area contributed by atoms with Gasteiger partial charge in [0.2, 0.25) is 0 Å². The van der Waals surface area contributed by atoms with Gasteiger partial charge in [0.05, 0.1) is 0 Å². The van der Waals surface area contributed by atoms with E-state index in [1.807, 2.05) is 11.8 Å². The van der Waals surface area contributed by atoms with Crippen LogP contribution in [0, 0.1) is 0 Å². The van der Waals surface area contributed by atoms with E-state index < -0.39 is 18.2 Å². The van der Waals surface area contributed by atoms with Crippen molar-refractivity contribution in [3.05, 3.63) is 0 Å². The van der Waals surface area contributed by atoms with E-state index >= 15 is 0 Å². The number of alkyl halides is 3. The van der Waals surface area contributed by atoms with Gasteiger partial charge in [-0.15, -0.1) is 0 Å². The Morgan fingerprint density at radius 1 is 1.50 bits per heavy atom. The lowest BCUT2D eigenvalue weighted by Gasteiger charge is -2.13. The fourth-order valence-electron chi connectivity index (χ4n) is 1.44. The molecule has 0 spiro atoms. The summed E-state index contributed by atoms with van der Waals surface area (Å²) in [5.41, 5.74) is 0. The molecule has 2 atom stereocenters. The van der Waals surface area contributed by atoms with Gasteiger partial charge in [-0.25, -0.2) is 4.79 Å². The van der Waals surface area contributed by atoms with Crippen LogP contribution in [0.5, 0.6) is 0 Å². The van der Waals surface area contributed by atoms with Gasteiger partial charge in [-0.3, -0.25) is 4.90 Å². The summed E-state index contributed by atoms with van der Waals surface area (Å²) >= 11 is 0. The first kappa shape index (κ1) is 11.3. The summed E-state index contributed by atoms with van der Waals surface area (Å²) in [4.78, 5) is 12.3. The number of carbonyl (C=O) groups excluding carboxylic acids is 1. The molecule has 1 fully saturated rings. The SMILES string of the molecule is CC1CC(OC(=O)C(F)(F)F)CN1C. The topological polar surface area (TPSA) is 29.5 Å². The van der Waals surface area contributed by atoms with Crippen LogP contribution in [0.2, 0.25) is 0 Å². The molecule has 0 aromatic heterocycles. The number of likely N-dealkylation sites (N-methyl/N-ethyl adjacent to an activating group) is 1. The zero-order valence-electron chi connectivity index (χ0n) is 7.97. The molecule has 0 N–H and O–H groups in total. The number of esters is 1. The predicted octanol–water partition coefficient (Wildman–Crippen LogP) is 1.18. The highest BCUT2D eigenvalue weighted by Gasteiger charge is 2.43. The molecule has 0 aromatic rings. The quantitative estimate of drug-likeness (QED) is 0.610. The molecule has 0 aromatic carbocycles. The van der Waals surface area contributed by atoms with Crippen molar-refractivity contribution in [1.82, 2.24) is 4.90 Å². The molecular formula is C8H12F3NO2. The van der Waals surface area contributed by atoms with E-state index in [1.54, 1.807) is 7.05 Å². The second kappa shape index (κ2) is 3.76. The summed E-state index contributed by atoms with van der Waals surface area (Å²) in [6, 6.07) is 0.154. The van der Waals surface area contributed by atoms with Crippen molar-refractivity contribution in [1.29, 1.82) is 0 Å². The number of carbonyl (C=O) groups is 1. The number of hydrogen-bond donors (Lipinski definition) is 0. The molecule has 0 amide bonds. The first-order valence-corrected chi connectivity index (χ1v) is 4.28. The van der Waals surface area contributed by atoms with Crippen LogP contribution in [0.3, 0.4) is 0 Å². The monoisotopic (exact) mass is 211 g/mol. The minimum Gasteiger partial charge on any atom is -0.454 e. The molecule has 1 aliphatic heterocycles. The molecule has 1 rings (SSSR count). The van der Waals surface area contributed by atoms with E-state index in [-0.39, 0.29) is 6.04 Å². The molecule has 14 heavy (non-hydrogen) atoms. The van der Waals surface area contributed by atoms with Gasteiger partial charge in [-0.2, -0.15) is 13.2 Å². The van der Waals surface area contributed by atoms with Crippen molar-refractivity contribution in [3.8, 4) is 0 Å². The van der Waals surface area contributed by atoms with Gasteiger partial charge in [0.15, 0.2) is 0 Å². The molecular weight excluding hydrogens is 199 g/mol. The molecule has 0 bridgehead atoms. The first-order valence-electron chi connectivity index (χ1n) is 4.28. The van der Waals surface area contributed by atoms with E-state index in [1.165, 1.54) is 0 Å². The zero-order chi connectivity index (χ0) is 10.9. The Morgan fingerprint density at radius 3 is 2.43 bits per heavy atom. The average Bonchev–Trinajstić information content (AvgIpc) is 2.29. The van der Waals surface area contributed by atoms with Gasteiger partial charge < -0.3 is 4.74 Å². The minimum atomic E-state index is -4.88. The lowest BCUT2D eigenvalue weighted by molar-refractivity contribution is -0.204. The zero-order valence-corrected chi connectivity index (χ0v) is 7.97. The van der Waals surface area contributed by atoms with Crippen molar-refractivity contribution >= 4 is 5.97 Å². The average molecular weight is 211 g/mol. The summed E-state index contributed by atoms with van der Waals surface area (Å²) in [6.45, 7) is 2.24. The largest absolute Gasteiger partial charge is 0.490 e. The Hall–Kier alpha value is -0.780. The highest BCUT2D eigenvalue weighted by atomic mass is 19.4. The maximum Gasteiger partial charge on any atom is 0.490 e. The second-order valence-corrected chi connectivity index (χ2v) is 3.55. The molecule has 3 nitrogen and oxygen atoms in total. The van der Waals surface area contributed by atoms with Crippen molar-refractivity contribution in [2.45, 2.75) is 31.7 Å². The van der Waals surface area contributed by atoms with E-state index in [0.29, 0.717) is 13.0 Å². The summed E-state index contributed by atoms with van der Waals surface area (Å²) in [7, 11) is 1.78. The van der Waals surface area contributed by atoms with Crippen molar-refractivity contribution in [2.75, 3.05) is 13.6 Å². The Kier molecular flexibility index (Phi) is 3.04. The fourth-order valence-corrected chi connectivity index (χ4v) is 1.44. The minimum absolute atomic E-state index is 0.154. The predicted molar refractivity (Wildman–Crippen MR) is 42.6 cm³/mol. The van der Waals surface area contributed by atoms with Gasteiger partial charge in [0.1, 0.15) is 6.10 Å². The Labute approximate surface area is 79.8 Å². The molecule has 82 valence electrons. The number of hydrogen-bond acceptors (Lipinski definition) is 3. The molecule has 2 unspecified atom stereocenters. The number of nitrogens with zero attached hydrogens (tertiary/aromatic N) is 1. The third-order valence-corrected chi connectivity index (χ3v) is 2.35. The molecule has 0 aliphatic carbocycles. The molecule has 1 saturated heterocycles. The van der Waals surface area contributed by atoms with Gasteiger partial charge in [0.25, 0.3) is 0 Å². The smallest absolute Gasteiger partial charge is 0.454 e. The van der Waals surface area contributed by atoms with Gasteiger partial charge in [-0.1, -0.05) is 0 Å². The second-order valence-electron chi connectivity index (χ2n) is 3.55. The van der Waals surface area contributed by atoms with Crippen LogP contribution in [0.25, 0.3) is 0 Å². The van der Waals surface area contributed by atoms with Gasteiger partial charge in [0, 0.05) is 19.0 Å². The van der Waals surface area contributed by atoms with Crippen LogP contribution < -0.4 is 0 Å². The summed E-state index contributed by atoms with van der Waals surface area (Å²) in [5.74, 6) is -2.09. The highest BCUT2D eigenvalue weighted by Crippen LogP contribution is 2.22. The molecule has 0 saturated carbocycles. The Morgan fingerprint density at radius 2 is 2.07 bits per heavy atom. The van der Waals surface area contributed by atoms with E-state index in [4.69, 9.17) is 0 Å². The van der Waals surface area contributed by atoms with Crippen LogP contribution in [0.4, 0.5) is 13.2 Å². The molecule has 1 heterocycles. The lowest BCUT2D eigenvalue weighted by Crippen LogP contribution is -2.31. The van der Waals surface area contributed by atoms with E-state index in [9.17, 15) is 18.0 Å². The van der Waals surface area contributed by atoms with Crippen molar-refractivity contribution < 1.29 is 22.7 Å². The van der Waals surface area contributed by atoms with E-state index in [0.717, 1.165) is 0 Å². The van der Waals surface area contributed by atoms with Crippen LogP contribution >= 0.6 is 0 Å². The summed E-state index contributed by atoms with van der Waals surface area (Å²) in [5, 5.41) is 0. The lowest BCUT2D eigenvalue weighted by atomic mass is 10.2. The number of rotatable bonds is 1.